The molecule has 0 atom stereocenters. The quantitative estimate of drug-likeness (QED) is 0.681. The summed E-state index contributed by atoms with van der Waals surface area (Å²) in [7, 11) is 0. The van der Waals surface area contributed by atoms with Gasteiger partial charge in [-0.2, -0.15) is 0 Å². The Hall–Kier alpha value is -1.36. The molecule has 110 valence electrons. The molecule has 0 spiro atoms. The number of carbonyl (C=O) groups excluding carboxylic acids is 1. The lowest BCUT2D eigenvalue weighted by molar-refractivity contribution is -0.151. The SMILES string of the molecule is C=C(C)CN(CC)C(=O)CN(CC)C(C)(C)C(=O)O. The molecule has 0 aliphatic rings. The summed E-state index contributed by atoms with van der Waals surface area (Å²) in [5, 5.41) is 9.22. The number of carboxylic acids is 1. The van der Waals surface area contributed by atoms with Crippen LogP contribution in [0.3, 0.4) is 0 Å². The van der Waals surface area contributed by atoms with Crippen LogP contribution in [0.15, 0.2) is 12.2 Å². The van der Waals surface area contributed by atoms with E-state index in [0.29, 0.717) is 19.6 Å². The van der Waals surface area contributed by atoms with E-state index in [-0.39, 0.29) is 12.5 Å². The fraction of sp³-hybridized carbons (Fsp3) is 0.714. The maximum atomic E-state index is 12.2. The fourth-order valence-electron chi connectivity index (χ4n) is 1.81. The lowest BCUT2D eigenvalue weighted by Gasteiger charge is -2.35. The summed E-state index contributed by atoms with van der Waals surface area (Å²) in [5.74, 6) is -0.994. The van der Waals surface area contributed by atoms with Crippen molar-refractivity contribution in [1.29, 1.82) is 0 Å². The smallest absolute Gasteiger partial charge is 0.323 e. The van der Waals surface area contributed by atoms with E-state index in [1.165, 1.54) is 0 Å². The summed E-state index contributed by atoms with van der Waals surface area (Å²) in [6.45, 7) is 14.4. The fourth-order valence-corrected chi connectivity index (χ4v) is 1.81. The molecule has 0 aromatic rings. The highest BCUT2D eigenvalue weighted by molar-refractivity contribution is 5.81. The van der Waals surface area contributed by atoms with Crippen LogP contribution in [0.1, 0.15) is 34.6 Å². The Kier molecular flexibility index (Phi) is 6.76. The van der Waals surface area contributed by atoms with Crippen LogP contribution in [0.25, 0.3) is 0 Å². The molecule has 1 amide bonds. The Morgan fingerprint density at radius 3 is 2.00 bits per heavy atom. The lowest BCUT2D eigenvalue weighted by Crippen LogP contribution is -2.54. The molecule has 0 heterocycles. The van der Waals surface area contributed by atoms with Gasteiger partial charge < -0.3 is 10.0 Å². The molecule has 0 aromatic carbocycles. The summed E-state index contributed by atoms with van der Waals surface area (Å²) in [5.41, 5.74) is -0.136. The molecule has 0 aliphatic heterocycles. The number of hydrogen-bond acceptors (Lipinski definition) is 3. The van der Waals surface area contributed by atoms with Crippen molar-refractivity contribution in [1.82, 2.24) is 9.80 Å². The molecule has 0 bridgehead atoms. The summed E-state index contributed by atoms with van der Waals surface area (Å²) >= 11 is 0. The first kappa shape index (κ1) is 17.6. The highest BCUT2D eigenvalue weighted by Crippen LogP contribution is 2.14. The van der Waals surface area contributed by atoms with Gasteiger partial charge in [0, 0.05) is 13.1 Å². The number of amides is 1. The van der Waals surface area contributed by atoms with Gasteiger partial charge in [-0.15, -0.1) is 0 Å². The lowest BCUT2D eigenvalue weighted by atomic mass is 10.0. The van der Waals surface area contributed by atoms with Gasteiger partial charge in [-0.25, -0.2) is 0 Å². The van der Waals surface area contributed by atoms with Gasteiger partial charge in [-0.3, -0.25) is 14.5 Å². The molecule has 5 heteroatoms. The second-order valence-corrected chi connectivity index (χ2v) is 5.24. The van der Waals surface area contributed by atoms with E-state index in [0.717, 1.165) is 5.57 Å². The monoisotopic (exact) mass is 270 g/mol. The van der Waals surface area contributed by atoms with Crippen LogP contribution in [-0.2, 0) is 9.59 Å². The van der Waals surface area contributed by atoms with E-state index < -0.39 is 11.5 Å². The highest BCUT2D eigenvalue weighted by atomic mass is 16.4. The summed E-state index contributed by atoms with van der Waals surface area (Å²) < 4.78 is 0. The zero-order valence-electron chi connectivity index (χ0n) is 12.7. The van der Waals surface area contributed by atoms with Crippen molar-refractivity contribution in [2.75, 3.05) is 26.2 Å². The molecule has 0 saturated carbocycles. The second kappa shape index (κ2) is 7.28. The van der Waals surface area contributed by atoms with E-state index in [4.69, 9.17) is 0 Å². The van der Waals surface area contributed by atoms with Gasteiger partial charge in [0.2, 0.25) is 5.91 Å². The zero-order valence-corrected chi connectivity index (χ0v) is 12.7. The average molecular weight is 270 g/mol. The van der Waals surface area contributed by atoms with E-state index in [2.05, 4.69) is 6.58 Å². The van der Waals surface area contributed by atoms with Crippen LogP contribution in [0.5, 0.6) is 0 Å². The number of nitrogens with zero attached hydrogens (tertiary/aromatic N) is 2. The molecule has 0 aliphatic carbocycles. The Labute approximate surface area is 115 Å². The predicted molar refractivity (Wildman–Crippen MR) is 76.0 cm³/mol. The van der Waals surface area contributed by atoms with Gasteiger partial charge in [0.15, 0.2) is 0 Å². The van der Waals surface area contributed by atoms with Crippen LogP contribution < -0.4 is 0 Å². The first-order valence-corrected chi connectivity index (χ1v) is 6.57. The van der Waals surface area contributed by atoms with Crippen molar-refractivity contribution >= 4 is 11.9 Å². The highest BCUT2D eigenvalue weighted by Gasteiger charge is 2.35. The Morgan fingerprint density at radius 2 is 1.68 bits per heavy atom. The number of carbonyl (C=O) groups is 2. The van der Waals surface area contributed by atoms with Gasteiger partial charge >= 0.3 is 5.97 Å². The van der Waals surface area contributed by atoms with Crippen molar-refractivity contribution in [3.63, 3.8) is 0 Å². The summed E-state index contributed by atoms with van der Waals surface area (Å²) in [6, 6.07) is 0. The molecule has 0 unspecified atom stereocenters. The second-order valence-electron chi connectivity index (χ2n) is 5.24. The van der Waals surface area contributed by atoms with Gasteiger partial charge in [-0.05, 0) is 34.2 Å². The maximum Gasteiger partial charge on any atom is 0.323 e. The van der Waals surface area contributed by atoms with Crippen LogP contribution in [0, 0.1) is 0 Å². The topological polar surface area (TPSA) is 60.9 Å². The molecule has 0 radical (unpaired) electrons. The minimum atomic E-state index is -1.05. The minimum absolute atomic E-state index is 0.0679. The molecule has 19 heavy (non-hydrogen) atoms. The molecule has 1 N–H and O–H groups in total. The molecule has 0 fully saturated rings. The van der Waals surface area contributed by atoms with Gasteiger partial charge in [0.05, 0.1) is 6.54 Å². The van der Waals surface area contributed by atoms with Crippen molar-refractivity contribution in [3.05, 3.63) is 12.2 Å². The van der Waals surface area contributed by atoms with E-state index >= 15 is 0 Å². The van der Waals surface area contributed by atoms with Gasteiger partial charge in [0.25, 0.3) is 0 Å². The molecule has 0 aromatic heterocycles. The Balaban J connectivity index is 4.83. The molecular formula is C14H26N2O3. The molecular weight excluding hydrogens is 244 g/mol. The number of likely N-dealkylation sites (N-methyl/N-ethyl adjacent to an activating group) is 2. The number of aliphatic carboxylic acids is 1. The predicted octanol–water partition coefficient (Wildman–Crippen LogP) is 1.60. The van der Waals surface area contributed by atoms with Crippen molar-refractivity contribution in [2.45, 2.75) is 40.2 Å². The number of carboxylic acid groups (broad SMARTS) is 1. The largest absolute Gasteiger partial charge is 0.480 e. The summed E-state index contributed by atoms with van der Waals surface area (Å²) in [6.07, 6.45) is 0. The summed E-state index contributed by atoms with van der Waals surface area (Å²) in [4.78, 5) is 26.8. The van der Waals surface area contributed by atoms with E-state index in [9.17, 15) is 14.7 Å². The number of rotatable bonds is 8. The third kappa shape index (κ3) is 5.03. The van der Waals surface area contributed by atoms with Crippen LogP contribution in [-0.4, -0.2) is 58.5 Å². The van der Waals surface area contributed by atoms with Gasteiger partial charge in [0.1, 0.15) is 5.54 Å². The average Bonchev–Trinajstić information content (AvgIpc) is 2.31. The van der Waals surface area contributed by atoms with E-state index in [1.54, 1.807) is 23.6 Å². The third-order valence-corrected chi connectivity index (χ3v) is 3.22. The Morgan fingerprint density at radius 1 is 1.16 bits per heavy atom. The van der Waals surface area contributed by atoms with Crippen LogP contribution >= 0.6 is 0 Å². The minimum Gasteiger partial charge on any atom is -0.480 e. The van der Waals surface area contributed by atoms with Crippen molar-refractivity contribution in [2.24, 2.45) is 0 Å². The molecule has 0 saturated heterocycles. The first-order valence-electron chi connectivity index (χ1n) is 6.57. The maximum absolute atomic E-state index is 12.2. The van der Waals surface area contributed by atoms with Gasteiger partial charge in [-0.1, -0.05) is 19.1 Å². The standard InChI is InChI=1S/C14H26N2O3/c1-7-15(9-11(3)4)12(17)10-16(8-2)14(5,6)13(18)19/h3,7-10H2,1-2,4-6H3,(H,18,19). The van der Waals surface area contributed by atoms with Crippen molar-refractivity contribution in [3.8, 4) is 0 Å². The Bertz CT molecular complexity index is 351. The first-order chi connectivity index (χ1) is 8.66. The zero-order chi connectivity index (χ0) is 15.2. The normalized spacial score (nSPS) is 11.5. The molecule has 0 rings (SSSR count). The van der Waals surface area contributed by atoms with Crippen molar-refractivity contribution < 1.29 is 14.7 Å². The van der Waals surface area contributed by atoms with Crippen LogP contribution in [0.4, 0.5) is 0 Å². The third-order valence-electron chi connectivity index (χ3n) is 3.22. The number of hydrogen-bond donors (Lipinski definition) is 1. The molecule has 5 nitrogen and oxygen atoms in total. The van der Waals surface area contributed by atoms with Crippen LogP contribution in [0.2, 0.25) is 0 Å². The van der Waals surface area contributed by atoms with E-state index in [1.807, 2.05) is 20.8 Å².